The van der Waals surface area contributed by atoms with Crippen LogP contribution in [0.15, 0.2) is 24.3 Å². The van der Waals surface area contributed by atoms with Crippen LogP contribution >= 0.6 is 0 Å². The maximum absolute atomic E-state index is 12.0. The van der Waals surface area contributed by atoms with Crippen molar-refractivity contribution in [2.75, 3.05) is 5.32 Å². The Balaban J connectivity index is 1.57. The number of nitrogens with zero attached hydrogens (tertiary/aromatic N) is 4. The van der Waals surface area contributed by atoms with E-state index in [1.54, 1.807) is 0 Å². The average Bonchev–Trinajstić information content (AvgIpc) is 3.39. The highest BCUT2D eigenvalue weighted by atomic mass is 16.2. The van der Waals surface area contributed by atoms with E-state index in [0.29, 0.717) is 12.0 Å². The monoisotopic (exact) mass is 283 g/mol. The molecular formula is C15H17N5O. The zero-order valence-corrected chi connectivity index (χ0v) is 11.9. The Bertz CT molecular complexity index is 691. The van der Waals surface area contributed by atoms with Crippen molar-refractivity contribution < 1.29 is 4.79 Å². The molecule has 0 bridgehead atoms. The molecule has 6 nitrogen and oxygen atoms in total. The lowest BCUT2D eigenvalue weighted by atomic mass is 10.2. The van der Waals surface area contributed by atoms with E-state index in [-0.39, 0.29) is 11.8 Å². The Morgan fingerprint density at radius 3 is 2.90 bits per heavy atom. The molecule has 0 unspecified atom stereocenters. The van der Waals surface area contributed by atoms with Crippen LogP contribution in [0.5, 0.6) is 0 Å². The lowest BCUT2D eigenvalue weighted by Gasteiger charge is -2.07. The van der Waals surface area contributed by atoms with Gasteiger partial charge < -0.3 is 5.32 Å². The van der Waals surface area contributed by atoms with E-state index in [1.807, 2.05) is 28.9 Å². The predicted molar refractivity (Wildman–Crippen MR) is 77.4 cm³/mol. The summed E-state index contributed by atoms with van der Waals surface area (Å²) in [6.07, 6.45) is 3.26. The van der Waals surface area contributed by atoms with E-state index in [4.69, 9.17) is 0 Å². The molecule has 108 valence electrons. The standard InChI is InChI=1S/C15H17N5O/c1-9-7-13(9)15(21)16-11-4-2-3-10(8-11)14-17-18-19-20(14)12-5-6-12/h2-4,8-9,12-13H,5-7H2,1H3,(H,16,21)/t9-,13-/m1/s1. The van der Waals surface area contributed by atoms with Crippen LogP contribution < -0.4 is 5.32 Å². The summed E-state index contributed by atoms with van der Waals surface area (Å²) in [5.74, 6) is 1.57. The van der Waals surface area contributed by atoms with Crippen LogP contribution in [-0.2, 0) is 4.79 Å². The SMILES string of the molecule is C[C@@H]1C[C@H]1C(=O)Nc1cccc(-c2nnnn2C2CC2)c1. The second-order valence-corrected chi connectivity index (χ2v) is 6.07. The van der Waals surface area contributed by atoms with Gasteiger partial charge in [-0.2, -0.15) is 0 Å². The summed E-state index contributed by atoms with van der Waals surface area (Å²) in [5.41, 5.74) is 1.75. The van der Waals surface area contributed by atoms with Gasteiger partial charge in [0.15, 0.2) is 5.82 Å². The third kappa shape index (κ3) is 2.41. The third-order valence-corrected chi connectivity index (χ3v) is 4.22. The summed E-state index contributed by atoms with van der Waals surface area (Å²) in [6.45, 7) is 2.10. The molecule has 1 aromatic heterocycles. The van der Waals surface area contributed by atoms with Crippen molar-refractivity contribution in [3.8, 4) is 11.4 Å². The van der Waals surface area contributed by atoms with Crippen molar-refractivity contribution in [1.29, 1.82) is 0 Å². The highest BCUT2D eigenvalue weighted by Gasteiger charge is 2.39. The lowest BCUT2D eigenvalue weighted by molar-refractivity contribution is -0.117. The number of benzene rings is 1. The molecule has 0 aliphatic heterocycles. The summed E-state index contributed by atoms with van der Waals surface area (Å²) < 4.78 is 1.88. The number of tetrazole rings is 1. The van der Waals surface area contributed by atoms with Gasteiger partial charge in [-0.3, -0.25) is 4.79 Å². The van der Waals surface area contributed by atoms with Crippen molar-refractivity contribution in [1.82, 2.24) is 20.2 Å². The summed E-state index contributed by atoms with van der Waals surface area (Å²) in [4.78, 5) is 12.0. The minimum Gasteiger partial charge on any atom is -0.326 e. The first kappa shape index (κ1) is 12.5. The fourth-order valence-corrected chi connectivity index (χ4v) is 2.61. The average molecular weight is 283 g/mol. The Kier molecular flexibility index (Phi) is 2.77. The number of hydrogen-bond acceptors (Lipinski definition) is 4. The topological polar surface area (TPSA) is 72.7 Å². The van der Waals surface area contributed by atoms with E-state index in [0.717, 1.165) is 36.3 Å². The molecule has 1 amide bonds. The number of hydrogen-bond donors (Lipinski definition) is 1. The van der Waals surface area contributed by atoms with Crippen LogP contribution in [0, 0.1) is 11.8 Å². The Morgan fingerprint density at radius 2 is 2.19 bits per heavy atom. The highest BCUT2D eigenvalue weighted by Crippen LogP contribution is 2.39. The van der Waals surface area contributed by atoms with Gasteiger partial charge in [-0.15, -0.1) is 5.10 Å². The number of amides is 1. The highest BCUT2D eigenvalue weighted by molar-refractivity contribution is 5.94. The molecule has 2 atom stereocenters. The fourth-order valence-electron chi connectivity index (χ4n) is 2.61. The quantitative estimate of drug-likeness (QED) is 0.934. The summed E-state index contributed by atoms with van der Waals surface area (Å²) >= 11 is 0. The fraction of sp³-hybridized carbons (Fsp3) is 0.467. The van der Waals surface area contributed by atoms with Gasteiger partial charge >= 0.3 is 0 Å². The Morgan fingerprint density at radius 1 is 1.38 bits per heavy atom. The second kappa shape index (κ2) is 4.65. The number of carbonyl (C=O) groups excluding carboxylic acids is 1. The number of aromatic nitrogens is 4. The number of nitrogens with one attached hydrogen (secondary N) is 1. The minimum absolute atomic E-state index is 0.112. The predicted octanol–water partition coefficient (Wildman–Crippen LogP) is 2.27. The van der Waals surface area contributed by atoms with E-state index in [2.05, 4.69) is 27.8 Å². The third-order valence-electron chi connectivity index (χ3n) is 4.22. The maximum Gasteiger partial charge on any atom is 0.227 e. The molecule has 1 N–H and O–H groups in total. The molecule has 21 heavy (non-hydrogen) atoms. The molecule has 4 rings (SSSR count). The molecule has 2 aliphatic rings. The second-order valence-electron chi connectivity index (χ2n) is 6.07. The molecular weight excluding hydrogens is 266 g/mol. The Labute approximate surface area is 122 Å². The van der Waals surface area contributed by atoms with Crippen LogP contribution in [0.4, 0.5) is 5.69 Å². The van der Waals surface area contributed by atoms with Crippen molar-refractivity contribution in [2.45, 2.75) is 32.2 Å². The van der Waals surface area contributed by atoms with Crippen LogP contribution in [0.3, 0.4) is 0 Å². The molecule has 1 aromatic carbocycles. The maximum atomic E-state index is 12.0. The smallest absolute Gasteiger partial charge is 0.227 e. The van der Waals surface area contributed by atoms with E-state index >= 15 is 0 Å². The molecule has 2 fully saturated rings. The normalized spacial score (nSPS) is 23.9. The summed E-state index contributed by atoms with van der Waals surface area (Å²) in [7, 11) is 0. The van der Waals surface area contributed by atoms with Gasteiger partial charge in [0.25, 0.3) is 0 Å². The van der Waals surface area contributed by atoms with Gasteiger partial charge in [-0.05, 0) is 47.7 Å². The number of carbonyl (C=O) groups is 1. The molecule has 1 heterocycles. The van der Waals surface area contributed by atoms with Crippen molar-refractivity contribution in [3.05, 3.63) is 24.3 Å². The molecule has 6 heteroatoms. The first-order chi connectivity index (χ1) is 10.2. The van der Waals surface area contributed by atoms with Crippen LogP contribution in [0.25, 0.3) is 11.4 Å². The van der Waals surface area contributed by atoms with Gasteiger partial charge in [0.2, 0.25) is 5.91 Å². The largest absolute Gasteiger partial charge is 0.326 e. The first-order valence-corrected chi connectivity index (χ1v) is 7.41. The van der Waals surface area contributed by atoms with Crippen LogP contribution in [0.2, 0.25) is 0 Å². The van der Waals surface area contributed by atoms with Gasteiger partial charge in [0.1, 0.15) is 0 Å². The van der Waals surface area contributed by atoms with Crippen molar-refractivity contribution in [3.63, 3.8) is 0 Å². The van der Waals surface area contributed by atoms with Gasteiger partial charge in [-0.1, -0.05) is 19.1 Å². The minimum atomic E-state index is 0.112. The zero-order valence-electron chi connectivity index (χ0n) is 11.9. The van der Waals surface area contributed by atoms with Crippen molar-refractivity contribution >= 4 is 11.6 Å². The van der Waals surface area contributed by atoms with E-state index in [1.165, 1.54) is 0 Å². The molecule has 0 radical (unpaired) electrons. The van der Waals surface area contributed by atoms with E-state index in [9.17, 15) is 4.79 Å². The summed E-state index contributed by atoms with van der Waals surface area (Å²) in [6, 6.07) is 8.17. The molecule has 0 saturated heterocycles. The molecule has 2 aromatic rings. The van der Waals surface area contributed by atoms with Gasteiger partial charge in [-0.25, -0.2) is 4.68 Å². The van der Waals surface area contributed by atoms with Crippen molar-refractivity contribution in [2.24, 2.45) is 11.8 Å². The van der Waals surface area contributed by atoms with Crippen LogP contribution in [0.1, 0.15) is 32.2 Å². The van der Waals surface area contributed by atoms with Gasteiger partial charge in [0.05, 0.1) is 6.04 Å². The lowest BCUT2D eigenvalue weighted by Crippen LogP contribution is -2.14. The van der Waals surface area contributed by atoms with Crippen LogP contribution in [-0.4, -0.2) is 26.1 Å². The van der Waals surface area contributed by atoms with Gasteiger partial charge in [0, 0.05) is 17.2 Å². The molecule has 2 aliphatic carbocycles. The number of anilines is 1. The number of rotatable bonds is 4. The summed E-state index contributed by atoms with van der Waals surface area (Å²) in [5, 5.41) is 14.9. The van der Waals surface area contributed by atoms with E-state index < -0.39 is 0 Å². The first-order valence-electron chi connectivity index (χ1n) is 7.41. The molecule has 0 spiro atoms. The Hall–Kier alpha value is -2.24. The zero-order chi connectivity index (χ0) is 14.4. The molecule has 2 saturated carbocycles.